The quantitative estimate of drug-likeness (QED) is 0.747. The number of halogens is 1. The smallest absolute Gasteiger partial charge is 0.0632 e. The molecule has 1 heterocycles. The van der Waals surface area contributed by atoms with Crippen LogP contribution in [-0.4, -0.2) is 13.2 Å². The van der Waals surface area contributed by atoms with Crippen LogP contribution in [0.3, 0.4) is 0 Å². The minimum Gasteiger partial charge on any atom is -0.379 e. The molecule has 0 saturated carbocycles. The van der Waals surface area contributed by atoms with Crippen molar-refractivity contribution < 1.29 is 4.74 Å². The molecule has 0 radical (unpaired) electrons. The summed E-state index contributed by atoms with van der Waals surface area (Å²) in [4.78, 5) is 0. The van der Waals surface area contributed by atoms with E-state index in [9.17, 15) is 0 Å². The summed E-state index contributed by atoms with van der Waals surface area (Å²) in [6.07, 6.45) is 0.493. The predicted octanol–water partition coefficient (Wildman–Crippen LogP) is 2.52. The molecule has 0 N–H and O–H groups in total. The Hall–Kier alpha value is -1.04. The first kappa shape index (κ1) is 9.51. The van der Waals surface area contributed by atoms with Crippen LogP contribution in [0.25, 0.3) is 0 Å². The van der Waals surface area contributed by atoms with E-state index in [-0.39, 0.29) is 5.41 Å². The molecule has 1 aliphatic rings. The number of nitrogens with zero attached hydrogens (tertiary/aromatic N) is 1. The number of nitriles is 1. The molecule has 0 aromatic heterocycles. The van der Waals surface area contributed by atoms with Crippen LogP contribution in [0, 0.1) is 11.3 Å². The molecule has 2 nitrogen and oxygen atoms in total. The second kappa shape index (κ2) is 3.61. The van der Waals surface area contributed by atoms with E-state index >= 15 is 0 Å². The van der Waals surface area contributed by atoms with Crippen molar-refractivity contribution in [3.05, 3.63) is 34.9 Å². The van der Waals surface area contributed by atoms with Crippen molar-refractivity contribution in [2.24, 2.45) is 0 Å². The van der Waals surface area contributed by atoms with Gasteiger partial charge >= 0.3 is 0 Å². The van der Waals surface area contributed by atoms with E-state index in [1.54, 1.807) is 0 Å². The summed E-state index contributed by atoms with van der Waals surface area (Å²) in [5.74, 6) is 0. The van der Waals surface area contributed by atoms with Gasteiger partial charge in [0.15, 0.2) is 0 Å². The highest BCUT2D eigenvalue weighted by atomic mass is 35.5. The minimum absolute atomic E-state index is 0.111. The summed E-state index contributed by atoms with van der Waals surface area (Å²) < 4.78 is 5.19. The van der Waals surface area contributed by atoms with Crippen molar-refractivity contribution in [3.63, 3.8) is 0 Å². The lowest BCUT2D eigenvalue weighted by molar-refractivity contribution is -0.0577. The van der Waals surface area contributed by atoms with Gasteiger partial charge in [0.05, 0.1) is 24.7 Å². The van der Waals surface area contributed by atoms with Gasteiger partial charge in [-0.15, -0.1) is 0 Å². The van der Waals surface area contributed by atoms with Crippen molar-refractivity contribution in [3.8, 4) is 6.07 Å². The molecule has 0 aliphatic carbocycles. The van der Waals surface area contributed by atoms with Crippen molar-refractivity contribution in [2.75, 3.05) is 13.2 Å². The molecule has 2 rings (SSSR count). The molecule has 1 aromatic carbocycles. The molecule has 1 aromatic rings. The van der Waals surface area contributed by atoms with E-state index < -0.39 is 0 Å². The van der Waals surface area contributed by atoms with Gasteiger partial charge in [-0.3, -0.25) is 0 Å². The monoisotopic (exact) mass is 207 g/mol. The molecule has 1 fully saturated rings. The normalized spacial score (nSPS) is 18.3. The average molecular weight is 208 g/mol. The Balaban J connectivity index is 2.32. The molecule has 1 saturated heterocycles. The molecule has 72 valence electrons. The van der Waals surface area contributed by atoms with E-state index in [0.29, 0.717) is 24.7 Å². The van der Waals surface area contributed by atoms with Gasteiger partial charge in [0.1, 0.15) is 0 Å². The van der Waals surface area contributed by atoms with Crippen molar-refractivity contribution in [2.45, 2.75) is 11.8 Å². The van der Waals surface area contributed by atoms with E-state index in [1.807, 2.05) is 24.3 Å². The number of rotatable bonds is 2. The van der Waals surface area contributed by atoms with Crippen LogP contribution in [-0.2, 0) is 10.2 Å². The van der Waals surface area contributed by atoms with Crippen LogP contribution in [0.15, 0.2) is 24.3 Å². The molecule has 0 unspecified atom stereocenters. The molecule has 14 heavy (non-hydrogen) atoms. The summed E-state index contributed by atoms with van der Waals surface area (Å²) in [7, 11) is 0. The van der Waals surface area contributed by atoms with Crippen molar-refractivity contribution in [1.29, 1.82) is 5.26 Å². The maximum atomic E-state index is 8.76. The van der Waals surface area contributed by atoms with Crippen molar-refractivity contribution in [1.82, 2.24) is 0 Å². The Morgan fingerprint density at radius 1 is 1.50 bits per heavy atom. The van der Waals surface area contributed by atoms with Crippen LogP contribution < -0.4 is 0 Å². The molecular weight excluding hydrogens is 198 g/mol. The lowest BCUT2D eigenvalue weighted by Crippen LogP contribution is -2.46. The minimum atomic E-state index is -0.111. The average Bonchev–Trinajstić information content (AvgIpc) is 2.11. The first-order chi connectivity index (χ1) is 6.77. The van der Waals surface area contributed by atoms with E-state index in [2.05, 4.69) is 6.07 Å². The number of benzene rings is 1. The Kier molecular flexibility index (Phi) is 2.45. The SMILES string of the molecule is N#CCC1(c2cccc(Cl)c2)COC1. The highest BCUT2D eigenvalue weighted by Gasteiger charge is 2.40. The second-order valence-electron chi connectivity index (χ2n) is 3.62. The summed E-state index contributed by atoms with van der Waals surface area (Å²) in [5, 5.41) is 9.47. The maximum absolute atomic E-state index is 8.76. The number of hydrogen-bond acceptors (Lipinski definition) is 2. The number of hydrogen-bond donors (Lipinski definition) is 0. The fourth-order valence-corrected chi connectivity index (χ4v) is 1.88. The van der Waals surface area contributed by atoms with Gasteiger partial charge in [-0.05, 0) is 17.7 Å². The van der Waals surface area contributed by atoms with Crippen LogP contribution in [0.2, 0.25) is 5.02 Å². The lowest BCUT2D eigenvalue weighted by atomic mass is 9.76. The third-order valence-electron chi connectivity index (χ3n) is 2.61. The second-order valence-corrected chi connectivity index (χ2v) is 4.05. The number of ether oxygens (including phenoxy) is 1. The topological polar surface area (TPSA) is 33.0 Å². The third-order valence-corrected chi connectivity index (χ3v) is 2.85. The van der Waals surface area contributed by atoms with Gasteiger partial charge in [-0.25, -0.2) is 0 Å². The van der Waals surface area contributed by atoms with Crippen LogP contribution >= 0.6 is 11.6 Å². The Morgan fingerprint density at radius 3 is 2.79 bits per heavy atom. The highest BCUT2D eigenvalue weighted by Crippen LogP contribution is 2.36. The fourth-order valence-electron chi connectivity index (χ4n) is 1.69. The van der Waals surface area contributed by atoms with Crippen LogP contribution in [0.4, 0.5) is 0 Å². The van der Waals surface area contributed by atoms with E-state index in [4.69, 9.17) is 21.6 Å². The van der Waals surface area contributed by atoms with Crippen LogP contribution in [0.5, 0.6) is 0 Å². The third kappa shape index (κ3) is 1.50. The van der Waals surface area contributed by atoms with E-state index in [0.717, 1.165) is 5.56 Å². The molecular formula is C11H10ClNO. The van der Waals surface area contributed by atoms with Crippen molar-refractivity contribution >= 4 is 11.6 Å². The van der Waals surface area contributed by atoms with Crippen LogP contribution in [0.1, 0.15) is 12.0 Å². The zero-order valence-corrected chi connectivity index (χ0v) is 8.42. The largest absolute Gasteiger partial charge is 0.379 e. The van der Waals surface area contributed by atoms with E-state index in [1.165, 1.54) is 0 Å². The fraction of sp³-hybridized carbons (Fsp3) is 0.364. The first-order valence-electron chi connectivity index (χ1n) is 4.48. The first-order valence-corrected chi connectivity index (χ1v) is 4.85. The highest BCUT2D eigenvalue weighted by molar-refractivity contribution is 6.30. The predicted molar refractivity (Wildman–Crippen MR) is 54.2 cm³/mol. The Morgan fingerprint density at radius 2 is 2.29 bits per heavy atom. The Bertz CT molecular complexity index is 379. The summed E-state index contributed by atoms with van der Waals surface area (Å²) >= 11 is 5.91. The molecule has 0 atom stereocenters. The van der Waals surface area contributed by atoms with Gasteiger partial charge in [-0.2, -0.15) is 5.26 Å². The van der Waals surface area contributed by atoms with Gasteiger partial charge in [0, 0.05) is 11.4 Å². The molecule has 3 heteroatoms. The Labute approximate surface area is 88.1 Å². The van der Waals surface area contributed by atoms with Gasteiger partial charge in [0.25, 0.3) is 0 Å². The molecule has 1 aliphatic heterocycles. The maximum Gasteiger partial charge on any atom is 0.0632 e. The van der Waals surface area contributed by atoms with Gasteiger partial charge in [0.2, 0.25) is 0 Å². The lowest BCUT2D eigenvalue weighted by Gasteiger charge is -2.40. The van der Waals surface area contributed by atoms with Gasteiger partial charge in [-0.1, -0.05) is 23.7 Å². The van der Waals surface area contributed by atoms with Gasteiger partial charge < -0.3 is 4.74 Å². The zero-order chi connectivity index (χ0) is 10.0. The summed E-state index contributed by atoms with van der Waals surface area (Å²) in [6.45, 7) is 1.25. The zero-order valence-electron chi connectivity index (χ0n) is 7.66. The molecule has 0 spiro atoms. The standard InChI is InChI=1S/C11H10ClNO/c12-10-3-1-2-9(6-10)11(4-5-13)7-14-8-11/h1-3,6H,4,7-8H2. The summed E-state index contributed by atoms with van der Waals surface area (Å²) in [5.41, 5.74) is 0.998. The molecule has 0 bridgehead atoms. The molecule has 0 amide bonds. The summed E-state index contributed by atoms with van der Waals surface area (Å²) in [6, 6.07) is 9.88.